The van der Waals surface area contributed by atoms with Gasteiger partial charge in [-0.3, -0.25) is 4.21 Å². The summed E-state index contributed by atoms with van der Waals surface area (Å²) >= 11 is 1.47. The molecular formula is C19H18FNO3S2. The summed E-state index contributed by atoms with van der Waals surface area (Å²) in [7, 11) is 2.04. The van der Waals surface area contributed by atoms with Crippen LogP contribution in [0.3, 0.4) is 0 Å². The summed E-state index contributed by atoms with van der Waals surface area (Å²) in [5.74, 6) is 1.69. The standard InChI is InChI=1S/C19H18FNO3S2/c1-23-16-6-7-17(18(9-16)24-2)19-21-15(10-25-19)12-26(22)11-13-4-3-5-14(20)8-13/h3-10H,11-12H2,1-2H3. The van der Waals surface area contributed by atoms with Crippen LogP contribution in [0.25, 0.3) is 10.6 Å². The summed E-state index contributed by atoms with van der Waals surface area (Å²) in [5, 5.41) is 2.69. The summed E-state index contributed by atoms with van der Waals surface area (Å²) < 4.78 is 36.2. The average Bonchev–Trinajstić information content (AvgIpc) is 3.09. The number of methoxy groups -OCH3 is 2. The first kappa shape index (κ1) is 18.5. The van der Waals surface area contributed by atoms with E-state index in [1.54, 1.807) is 32.4 Å². The second kappa shape index (κ2) is 8.42. The lowest BCUT2D eigenvalue weighted by Crippen LogP contribution is -2.00. The second-order valence-corrected chi connectivity index (χ2v) is 7.88. The van der Waals surface area contributed by atoms with Crippen LogP contribution in [0.1, 0.15) is 11.3 Å². The molecule has 0 bridgehead atoms. The first-order valence-corrected chi connectivity index (χ1v) is 10.2. The highest BCUT2D eigenvalue weighted by Gasteiger charge is 2.13. The maximum atomic E-state index is 13.2. The van der Waals surface area contributed by atoms with Gasteiger partial charge in [0.2, 0.25) is 0 Å². The molecule has 1 heterocycles. The quantitative estimate of drug-likeness (QED) is 0.598. The number of thiazole rings is 1. The maximum absolute atomic E-state index is 13.2. The van der Waals surface area contributed by atoms with Gasteiger partial charge >= 0.3 is 0 Å². The molecular weight excluding hydrogens is 373 g/mol. The number of rotatable bonds is 7. The molecule has 0 aliphatic rings. The van der Waals surface area contributed by atoms with E-state index in [1.807, 2.05) is 17.5 Å². The van der Waals surface area contributed by atoms with Crippen molar-refractivity contribution >= 4 is 22.1 Å². The van der Waals surface area contributed by atoms with Gasteiger partial charge in [-0.2, -0.15) is 0 Å². The number of ether oxygens (including phenoxy) is 2. The van der Waals surface area contributed by atoms with Gasteiger partial charge in [0.1, 0.15) is 22.3 Å². The molecule has 136 valence electrons. The molecule has 4 nitrogen and oxygen atoms in total. The molecule has 3 rings (SSSR count). The minimum Gasteiger partial charge on any atom is -0.497 e. The number of hydrogen-bond donors (Lipinski definition) is 0. The molecule has 2 aromatic carbocycles. The van der Waals surface area contributed by atoms with Crippen LogP contribution in [0.4, 0.5) is 4.39 Å². The van der Waals surface area contributed by atoms with Crippen LogP contribution >= 0.6 is 11.3 Å². The van der Waals surface area contributed by atoms with E-state index in [-0.39, 0.29) is 5.82 Å². The Bertz CT molecular complexity index is 927. The summed E-state index contributed by atoms with van der Waals surface area (Å²) in [4.78, 5) is 4.57. The highest BCUT2D eigenvalue weighted by atomic mass is 32.2. The topological polar surface area (TPSA) is 48.4 Å². The molecule has 1 aromatic heterocycles. The molecule has 0 N–H and O–H groups in total. The molecule has 0 aliphatic carbocycles. The normalized spacial score (nSPS) is 12.0. The zero-order chi connectivity index (χ0) is 18.5. The van der Waals surface area contributed by atoms with E-state index in [0.717, 1.165) is 21.8 Å². The Morgan fingerprint density at radius 1 is 1.12 bits per heavy atom. The van der Waals surface area contributed by atoms with Crippen LogP contribution < -0.4 is 9.47 Å². The van der Waals surface area contributed by atoms with Crippen molar-refractivity contribution < 1.29 is 18.1 Å². The largest absolute Gasteiger partial charge is 0.497 e. The van der Waals surface area contributed by atoms with Crippen molar-refractivity contribution in [1.82, 2.24) is 4.98 Å². The molecule has 0 saturated carbocycles. The minimum atomic E-state index is -1.16. The number of aromatic nitrogens is 1. The highest BCUT2D eigenvalue weighted by Crippen LogP contribution is 2.35. The molecule has 0 saturated heterocycles. The van der Waals surface area contributed by atoms with E-state index < -0.39 is 10.8 Å². The first-order valence-electron chi connectivity index (χ1n) is 7.85. The Morgan fingerprint density at radius 3 is 2.69 bits per heavy atom. The van der Waals surface area contributed by atoms with Crippen LogP contribution in [0.2, 0.25) is 0 Å². The molecule has 7 heteroatoms. The van der Waals surface area contributed by atoms with Crippen molar-refractivity contribution in [2.24, 2.45) is 0 Å². The highest BCUT2D eigenvalue weighted by molar-refractivity contribution is 7.83. The van der Waals surface area contributed by atoms with Gasteiger partial charge < -0.3 is 9.47 Å². The average molecular weight is 391 g/mol. The molecule has 0 radical (unpaired) electrons. The fourth-order valence-corrected chi connectivity index (χ4v) is 4.59. The Morgan fingerprint density at radius 2 is 1.96 bits per heavy atom. The lowest BCUT2D eigenvalue weighted by molar-refractivity contribution is 0.395. The zero-order valence-electron chi connectivity index (χ0n) is 14.4. The van der Waals surface area contributed by atoms with Crippen molar-refractivity contribution in [3.05, 3.63) is 64.9 Å². The van der Waals surface area contributed by atoms with Crippen LogP contribution in [0.5, 0.6) is 11.5 Å². The third-order valence-corrected chi connectivity index (χ3v) is 5.91. The molecule has 26 heavy (non-hydrogen) atoms. The molecule has 1 unspecified atom stereocenters. The first-order chi connectivity index (χ1) is 12.6. The molecule has 0 fully saturated rings. The third kappa shape index (κ3) is 4.47. The minimum absolute atomic E-state index is 0.302. The van der Waals surface area contributed by atoms with Crippen molar-refractivity contribution in [2.75, 3.05) is 14.2 Å². The fourth-order valence-electron chi connectivity index (χ4n) is 2.50. The van der Waals surface area contributed by atoms with Gasteiger partial charge in [-0.15, -0.1) is 11.3 Å². The zero-order valence-corrected chi connectivity index (χ0v) is 16.0. The van der Waals surface area contributed by atoms with Gasteiger partial charge in [0.25, 0.3) is 0 Å². The maximum Gasteiger partial charge on any atom is 0.132 e. The lowest BCUT2D eigenvalue weighted by Gasteiger charge is -2.08. The number of benzene rings is 2. The van der Waals surface area contributed by atoms with Gasteiger partial charge in [-0.1, -0.05) is 12.1 Å². The van der Waals surface area contributed by atoms with Crippen molar-refractivity contribution in [2.45, 2.75) is 11.5 Å². The molecule has 0 spiro atoms. The van der Waals surface area contributed by atoms with E-state index in [2.05, 4.69) is 4.98 Å². The Kier molecular flexibility index (Phi) is 6.00. The van der Waals surface area contributed by atoms with Gasteiger partial charge in [-0.05, 0) is 29.8 Å². The van der Waals surface area contributed by atoms with Gasteiger partial charge in [-0.25, -0.2) is 9.37 Å². The monoisotopic (exact) mass is 391 g/mol. The van der Waals surface area contributed by atoms with Crippen molar-refractivity contribution in [1.29, 1.82) is 0 Å². The van der Waals surface area contributed by atoms with Gasteiger partial charge in [0.05, 0.1) is 31.2 Å². The smallest absolute Gasteiger partial charge is 0.132 e. The molecule has 0 amide bonds. The van der Waals surface area contributed by atoms with E-state index in [9.17, 15) is 8.60 Å². The van der Waals surface area contributed by atoms with Crippen molar-refractivity contribution in [3.63, 3.8) is 0 Å². The van der Waals surface area contributed by atoms with Gasteiger partial charge in [0, 0.05) is 28.0 Å². The Labute approximate surface area is 158 Å². The van der Waals surface area contributed by atoms with Crippen LogP contribution in [-0.4, -0.2) is 23.4 Å². The van der Waals surface area contributed by atoms with Crippen LogP contribution in [-0.2, 0) is 22.3 Å². The fraction of sp³-hybridized carbons (Fsp3) is 0.211. The molecule has 1 atom stereocenters. The summed E-state index contributed by atoms with van der Waals surface area (Å²) in [5.41, 5.74) is 2.33. The summed E-state index contributed by atoms with van der Waals surface area (Å²) in [6, 6.07) is 11.7. The molecule has 3 aromatic rings. The van der Waals surface area contributed by atoms with E-state index >= 15 is 0 Å². The van der Waals surface area contributed by atoms with Crippen LogP contribution in [0, 0.1) is 5.82 Å². The SMILES string of the molecule is COc1ccc(-c2nc(CS(=O)Cc3cccc(F)c3)cs2)c(OC)c1. The molecule has 0 aliphatic heterocycles. The van der Waals surface area contributed by atoms with Gasteiger partial charge in [0.15, 0.2) is 0 Å². The van der Waals surface area contributed by atoms with Crippen molar-refractivity contribution in [3.8, 4) is 22.1 Å². The summed E-state index contributed by atoms with van der Waals surface area (Å²) in [6.07, 6.45) is 0. The van der Waals surface area contributed by atoms with E-state index in [1.165, 1.54) is 23.5 Å². The number of hydrogen-bond acceptors (Lipinski definition) is 5. The summed E-state index contributed by atoms with van der Waals surface area (Å²) in [6.45, 7) is 0. The van der Waals surface area contributed by atoms with E-state index in [4.69, 9.17) is 9.47 Å². The third-order valence-electron chi connectivity index (χ3n) is 3.72. The predicted molar refractivity (Wildman–Crippen MR) is 103 cm³/mol. The number of nitrogens with zero attached hydrogens (tertiary/aromatic N) is 1. The van der Waals surface area contributed by atoms with Crippen LogP contribution in [0.15, 0.2) is 47.8 Å². The predicted octanol–water partition coefficient (Wildman–Crippen LogP) is 4.42. The Balaban J connectivity index is 1.73. The number of halogens is 1. The van der Waals surface area contributed by atoms with E-state index in [0.29, 0.717) is 23.0 Å². The lowest BCUT2D eigenvalue weighted by atomic mass is 10.2. The Hall–Kier alpha value is -2.25. The second-order valence-electron chi connectivity index (χ2n) is 5.57.